The van der Waals surface area contributed by atoms with Gasteiger partial charge in [0, 0.05) is 6.54 Å². The molecule has 0 saturated carbocycles. The fourth-order valence-electron chi connectivity index (χ4n) is 3.00. The van der Waals surface area contributed by atoms with E-state index in [0.717, 1.165) is 37.9 Å². The molecule has 1 saturated heterocycles. The smallest absolute Gasteiger partial charge is 0.221 e. The SMILES string of the molecule is CC(C)CCN(CCCN1CCC(C(N)=O)C1)CCC(C)C. The van der Waals surface area contributed by atoms with Gasteiger partial charge in [-0.2, -0.15) is 0 Å². The fourth-order valence-corrected chi connectivity index (χ4v) is 3.00. The normalized spacial score (nSPS) is 19.7. The second-order valence-electron chi connectivity index (χ2n) is 7.75. The molecule has 0 aromatic carbocycles. The maximum absolute atomic E-state index is 11.2. The first-order valence-corrected chi connectivity index (χ1v) is 9.12. The molecule has 0 aliphatic carbocycles. The molecule has 2 N–H and O–H groups in total. The lowest BCUT2D eigenvalue weighted by Gasteiger charge is -2.25. The molecule has 22 heavy (non-hydrogen) atoms. The number of hydrogen-bond acceptors (Lipinski definition) is 3. The molecule has 0 radical (unpaired) electrons. The highest BCUT2D eigenvalue weighted by Gasteiger charge is 2.25. The van der Waals surface area contributed by atoms with E-state index in [4.69, 9.17) is 5.73 Å². The summed E-state index contributed by atoms with van der Waals surface area (Å²) in [6.07, 6.45) is 4.71. The third kappa shape index (κ3) is 8.14. The van der Waals surface area contributed by atoms with Gasteiger partial charge in [-0.25, -0.2) is 0 Å². The Bertz CT molecular complexity index is 305. The lowest BCUT2D eigenvalue weighted by atomic mass is 10.1. The summed E-state index contributed by atoms with van der Waals surface area (Å²) in [5.74, 6) is 1.50. The number of primary amides is 1. The highest BCUT2D eigenvalue weighted by Crippen LogP contribution is 2.16. The first-order chi connectivity index (χ1) is 10.4. The summed E-state index contributed by atoms with van der Waals surface area (Å²) >= 11 is 0. The van der Waals surface area contributed by atoms with Crippen LogP contribution >= 0.6 is 0 Å². The molecule has 1 atom stereocenters. The van der Waals surface area contributed by atoms with E-state index in [1.807, 2.05) is 0 Å². The van der Waals surface area contributed by atoms with E-state index >= 15 is 0 Å². The molecule has 1 rings (SSSR count). The second kappa shape index (κ2) is 10.2. The molecule has 0 bridgehead atoms. The zero-order valence-corrected chi connectivity index (χ0v) is 15.2. The van der Waals surface area contributed by atoms with Gasteiger partial charge in [0.05, 0.1) is 5.92 Å². The molecule has 130 valence electrons. The predicted octanol–water partition coefficient (Wildman–Crippen LogP) is 2.58. The topological polar surface area (TPSA) is 49.6 Å². The van der Waals surface area contributed by atoms with Crippen LogP contribution in [0.3, 0.4) is 0 Å². The van der Waals surface area contributed by atoms with Crippen molar-refractivity contribution in [3.63, 3.8) is 0 Å². The van der Waals surface area contributed by atoms with Crippen LogP contribution in [0.15, 0.2) is 0 Å². The van der Waals surface area contributed by atoms with Crippen LogP contribution in [0.4, 0.5) is 0 Å². The average Bonchev–Trinajstić information content (AvgIpc) is 2.89. The number of amides is 1. The largest absolute Gasteiger partial charge is 0.369 e. The van der Waals surface area contributed by atoms with E-state index in [2.05, 4.69) is 37.5 Å². The maximum Gasteiger partial charge on any atom is 0.221 e. The van der Waals surface area contributed by atoms with Gasteiger partial charge < -0.3 is 15.5 Å². The minimum Gasteiger partial charge on any atom is -0.369 e. The van der Waals surface area contributed by atoms with E-state index < -0.39 is 0 Å². The van der Waals surface area contributed by atoms with Crippen LogP contribution in [0.1, 0.15) is 53.4 Å². The van der Waals surface area contributed by atoms with E-state index in [-0.39, 0.29) is 11.8 Å². The Balaban J connectivity index is 2.25. The molecular formula is C18H37N3O. The van der Waals surface area contributed by atoms with Crippen molar-refractivity contribution in [3.8, 4) is 0 Å². The summed E-state index contributed by atoms with van der Waals surface area (Å²) in [7, 11) is 0. The number of likely N-dealkylation sites (tertiary alicyclic amines) is 1. The molecule has 1 amide bonds. The van der Waals surface area contributed by atoms with Crippen LogP contribution in [0.25, 0.3) is 0 Å². The van der Waals surface area contributed by atoms with Crippen molar-refractivity contribution < 1.29 is 4.79 Å². The highest BCUT2D eigenvalue weighted by atomic mass is 16.1. The Hall–Kier alpha value is -0.610. The summed E-state index contributed by atoms with van der Waals surface area (Å²) in [6.45, 7) is 15.8. The third-order valence-corrected chi connectivity index (χ3v) is 4.67. The molecule has 4 heteroatoms. The van der Waals surface area contributed by atoms with Gasteiger partial charge in [0.15, 0.2) is 0 Å². The van der Waals surface area contributed by atoms with Crippen molar-refractivity contribution in [2.24, 2.45) is 23.5 Å². The average molecular weight is 312 g/mol. The van der Waals surface area contributed by atoms with Crippen LogP contribution in [0.5, 0.6) is 0 Å². The first-order valence-electron chi connectivity index (χ1n) is 9.12. The lowest BCUT2D eigenvalue weighted by molar-refractivity contribution is -0.121. The fraction of sp³-hybridized carbons (Fsp3) is 0.944. The van der Waals surface area contributed by atoms with Gasteiger partial charge in [0.2, 0.25) is 5.91 Å². The molecule has 0 aromatic rings. The van der Waals surface area contributed by atoms with Gasteiger partial charge in [-0.3, -0.25) is 4.79 Å². The third-order valence-electron chi connectivity index (χ3n) is 4.67. The van der Waals surface area contributed by atoms with Crippen LogP contribution < -0.4 is 5.73 Å². The number of hydrogen-bond donors (Lipinski definition) is 1. The van der Waals surface area contributed by atoms with Crippen molar-refractivity contribution in [2.45, 2.75) is 53.4 Å². The predicted molar refractivity (Wildman–Crippen MR) is 93.7 cm³/mol. The van der Waals surface area contributed by atoms with Crippen LogP contribution in [-0.2, 0) is 4.79 Å². The van der Waals surface area contributed by atoms with Crippen molar-refractivity contribution >= 4 is 5.91 Å². The second-order valence-corrected chi connectivity index (χ2v) is 7.75. The Labute approximate surface area is 137 Å². The Morgan fingerprint density at radius 2 is 1.73 bits per heavy atom. The van der Waals surface area contributed by atoms with Crippen LogP contribution in [0.2, 0.25) is 0 Å². The molecule has 1 heterocycles. The molecular weight excluding hydrogens is 274 g/mol. The van der Waals surface area contributed by atoms with E-state index in [1.165, 1.54) is 38.9 Å². The summed E-state index contributed by atoms with van der Waals surface area (Å²) in [6, 6.07) is 0. The molecule has 4 nitrogen and oxygen atoms in total. The quantitative estimate of drug-likeness (QED) is 0.638. The van der Waals surface area contributed by atoms with Gasteiger partial charge in [0.25, 0.3) is 0 Å². The maximum atomic E-state index is 11.2. The number of nitrogens with zero attached hydrogens (tertiary/aromatic N) is 2. The Morgan fingerprint density at radius 1 is 1.14 bits per heavy atom. The monoisotopic (exact) mass is 311 g/mol. The highest BCUT2D eigenvalue weighted by molar-refractivity contribution is 5.77. The van der Waals surface area contributed by atoms with E-state index in [1.54, 1.807) is 0 Å². The summed E-state index contributed by atoms with van der Waals surface area (Å²) in [5.41, 5.74) is 5.40. The first kappa shape index (κ1) is 19.4. The minimum absolute atomic E-state index is 0.0815. The van der Waals surface area contributed by atoms with Gasteiger partial charge in [-0.15, -0.1) is 0 Å². The molecule has 1 aliphatic rings. The molecule has 1 fully saturated rings. The number of rotatable bonds is 11. The molecule has 1 aliphatic heterocycles. The van der Waals surface area contributed by atoms with Crippen molar-refractivity contribution in [2.75, 3.05) is 39.3 Å². The number of carbonyl (C=O) groups excluding carboxylic acids is 1. The van der Waals surface area contributed by atoms with Gasteiger partial charge in [-0.05, 0) is 70.2 Å². The zero-order chi connectivity index (χ0) is 16.5. The van der Waals surface area contributed by atoms with Crippen molar-refractivity contribution in [3.05, 3.63) is 0 Å². The summed E-state index contributed by atoms with van der Waals surface area (Å²) in [5, 5.41) is 0. The molecule has 0 spiro atoms. The Kier molecular flexibility index (Phi) is 9.03. The molecule has 1 unspecified atom stereocenters. The minimum atomic E-state index is -0.127. The Morgan fingerprint density at radius 3 is 2.18 bits per heavy atom. The summed E-state index contributed by atoms with van der Waals surface area (Å²) < 4.78 is 0. The van der Waals surface area contributed by atoms with E-state index in [0.29, 0.717) is 0 Å². The zero-order valence-electron chi connectivity index (χ0n) is 15.2. The number of nitrogens with two attached hydrogens (primary N) is 1. The van der Waals surface area contributed by atoms with Crippen LogP contribution in [0, 0.1) is 17.8 Å². The van der Waals surface area contributed by atoms with Gasteiger partial charge in [0.1, 0.15) is 0 Å². The van der Waals surface area contributed by atoms with Crippen molar-refractivity contribution in [1.29, 1.82) is 0 Å². The van der Waals surface area contributed by atoms with Gasteiger partial charge in [-0.1, -0.05) is 27.7 Å². The van der Waals surface area contributed by atoms with Gasteiger partial charge >= 0.3 is 0 Å². The standard InChI is InChI=1S/C18H37N3O/c1-15(2)6-11-20(12-7-16(3)4)9-5-10-21-13-8-17(14-21)18(19)22/h15-17H,5-14H2,1-4H3,(H2,19,22). The summed E-state index contributed by atoms with van der Waals surface area (Å²) in [4.78, 5) is 16.2. The number of carbonyl (C=O) groups is 1. The van der Waals surface area contributed by atoms with Crippen molar-refractivity contribution in [1.82, 2.24) is 9.80 Å². The van der Waals surface area contributed by atoms with E-state index in [9.17, 15) is 4.79 Å². The lowest BCUT2D eigenvalue weighted by Crippen LogP contribution is -2.32. The van der Waals surface area contributed by atoms with Crippen LogP contribution in [-0.4, -0.2) is 55.0 Å². The molecule has 0 aromatic heterocycles.